The van der Waals surface area contributed by atoms with Gasteiger partial charge in [-0.25, -0.2) is 4.68 Å². The fraction of sp³-hybridized carbons (Fsp3) is 0.167. The zero-order valence-corrected chi connectivity index (χ0v) is 16.7. The molecule has 0 fully saturated rings. The van der Waals surface area contributed by atoms with E-state index in [2.05, 4.69) is 47.3 Å². The molecular weight excluding hydrogens is 464 g/mol. The Morgan fingerprint density at radius 2 is 2.00 bits per heavy atom. The quantitative estimate of drug-likeness (QED) is 0.607. The molecule has 2 aromatic carbocycles. The van der Waals surface area contributed by atoms with Gasteiger partial charge in [-0.3, -0.25) is 10.1 Å². The van der Waals surface area contributed by atoms with Gasteiger partial charge in [0.05, 0.1) is 16.9 Å². The van der Waals surface area contributed by atoms with Gasteiger partial charge in [-0.2, -0.15) is 10.1 Å². The summed E-state index contributed by atoms with van der Waals surface area (Å²) in [6.07, 6.45) is 1.76. The van der Waals surface area contributed by atoms with Crippen molar-refractivity contribution in [3.63, 3.8) is 0 Å². The minimum Gasteiger partial charge on any atom is -0.488 e. The largest absolute Gasteiger partial charge is 0.488 e. The van der Waals surface area contributed by atoms with Gasteiger partial charge < -0.3 is 4.74 Å². The molecule has 0 spiro atoms. The molecule has 6 nitrogen and oxygen atoms in total. The van der Waals surface area contributed by atoms with Crippen LogP contribution >= 0.6 is 31.9 Å². The smallest absolute Gasteiger partial charge is 0.229 e. The van der Waals surface area contributed by atoms with E-state index in [1.807, 2.05) is 42.5 Å². The topological polar surface area (TPSA) is 69.0 Å². The minimum absolute atomic E-state index is 0.0674. The van der Waals surface area contributed by atoms with Crippen LogP contribution in [0.15, 0.2) is 57.7 Å². The summed E-state index contributed by atoms with van der Waals surface area (Å²) in [5.74, 6) is 1.15. The van der Waals surface area contributed by atoms with Crippen LogP contribution in [-0.4, -0.2) is 20.7 Å². The van der Waals surface area contributed by atoms with Gasteiger partial charge >= 0.3 is 0 Å². The number of rotatable bonds is 4. The van der Waals surface area contributed by atoms with E-state index in [0.29, 0.717) is 19.0 Å². The number of nitrogens with zero attached hydrogens (tertiary/aromatic N) is 3. The molecule has 1 amide bonds. The van der Waals surface area contributed by atoms with E-state index in [0.717, 1.165) is 25.8 Å². The van der Waals surface area contributed by atoms with Gasteiger partial charge in [-0.05, 0) is 51.3 Å². The number of hydrogen-bond acceptors (Lipinski definition) is 4. The molecule has 1 atom stereocenters. The Morgan fingerprint density at radius 1 is 1.19 bits per heavy atom. The lowest BCUT2D eigenvalue weighted by Gasteiger charge is -2.24. The van der Waals surface area contributed by atoms with Crippen molar-refractivity contribution in [2.24, 2.45) is 0 Å². The van der Waals surface area contributed by atoms with Crippen molar-refractivity contribution in [3.05, 3.63) is 68.9 Å². The molecular formula is C18H14Br2N4O2. The molecule has 0 bridgehead atoms. The third-order valence-corrected chi connectivity index (χ3v) is 5.29. The number of benzene rings is 2. The third kappa shape index (κ3) is 3.52. The Balaban J connectivity index is 1.53. The fourth-order valence-corrected chi connectivity index (χ4v) is 3.62. The van der Waals surface area contributed by atoms with Crippen molar-refractivity contribution in [3.8, 4) is 5.75 Å². The molecule has 0 radical (unpaired) electrons. The van der Waals surface area contributed by atoms with Gasteiger partial charge in [0.1, 0.15) is 18.7 Å². The first kappa shape index (κ1) is 17.2. The van der Waals surface area contributed by atoms with Crippen molar-refractivity contribution in [2.45, 2.75) is 19.1 Å². The van der Waals surface area contributed by atoms with Crippen LogP contribution in [0.4, 0.5) is 5.95 Å². The number of nitrogens with one attached hydrogen (secondary N) is 1. The lowest BCUT2D eigenvalue weighted by atomic mass is 10.0. The summed E-state index contributed by atoms with van der Waals surface area (Å²) in [5, 5.41) is 6.94. The Bertz CT molecular complexity index is 956. The molecule has 8 heteroatoms. The molecule has 1 aromatic heterocycles. The van der Waals surface area contributed by atoms with Gasteiger partial charge in [-0.1, -0.05) is 34.1 Å². The molecule has 2 heterocycles. The SMILES string of the molecule is O=C1C[C@@H](c2ccc(OCc3ccc(Br)cc3)c(Br)c2)n2ncnc2N1. The maximum absolute atomic E-state index is 11.9. The Morgan fingerprint density at radius 3 is 2.77 bits per heavy atom. The van der Waals surface area contributed by atoms with Gasteiger partial charge in [-0.15, -0.1) is 0 Å². The number of amides is 1. The van der Waals surface area contributed by atoms with Crippen LogP contribution in [0.5, 0.6) is 5.75 Å². The number of fused-ring (bicyclic) bond motifs is 1. The number of hydrogen-bond donors (Lipinski definition) is 1. The third-order valence-electron chi connectivity index (χ3n) is 4.15. The lowest BCUT2D eigenvalue weighted by molar-refractivity contribution is -0.117. The normalized spacial score (nSPS) is 16.1. The molecule has 0 saturated heterocycles. The molecule has 0 saturated carbocycles. The van der Waals surface area contributed by atoms with Crippen LogP contribution in [0, 0.1) is 0 Å². The summed E-state index contributed by atoms with van der Waals surface area (Å²) < 4.78 is 9.50. The summed E-state index contributed by atoms with van der Waals surface area (Å²) >= 11 is 6.99. The molecule has 0 unspecified atom stereocenters. The second kappa shape index (κ2) is 7.20. The van der Waals surface area contributed by atoms with Crippen LogP contribution in [0.1, 0.15) is 23.6 Å². The highest BCUT2D eigenvalue weighted by Crippen LogP contribution is 2.34. The first-order chi connectivity index (χ1) is 12.6. The molecule has 132 valence electrons. The summed E-state index contributed by atoms with van der Waals surface area (Å²) in [6.45, 7) is 0.476. The first-order valence-electron chi connectivity index (χ1n) is 7.96. The van der Waals surface area contributed by atoms with E-state index < -0.39 is 0 Å². The van der Waals surface area contributed by atoms with Crippen molar-refractivity contribution >= 4 is 43.7 Å². The van der Waals surface area contributed by atoms with Crippen LogP contribution in [0.25, 0.3) is 0 Å². The highest BCUT2D eigenvalue weighted by Gasteiger charge is 2.28. The molecule has 1 aliphatic heterocycles. The number of carbonyl (C=O) groups is 1. The average molecular weight is 478 g/mol. The standard InChI is InChI=1S/C18H14Br2N4O2/c19-13-4-1-11(2-5-13)9-26-16-6-3-12(7-14(16)20)15-8-17(25)23-18-21-10-22-24(15)18/h1-7,10,15H,8-9H2,(H,21,22,23,25)/t15-/m0/s1. The second-order valence-electron chi connectivity index (χ2n) is 5.90. The number of ether oxygens (including phenoxy) is 1. The maximum atomic E-state index is 11.9. The average Bonchev–Trinajstić information content (AvgIpc) is 3.09. The number of aromatic nitrogens is 3. The zero-order chi connectivity index (χ0) is 18.1. The highest BCUT2D eigenvalue weighted by molar-refractivity contribution is 9.10. The molecule has 0 aliphatic carbocycles. The zero-order valence-electron chi connectivity index (χ0n) is 13.5. The Hall–Kier alpha value is -2.19. The first-order valence-corrected chi connectivity index (χ1v) is 9.55. The second-order valence-corrected chi connectivity index (χ2v) is 7.67. The van der Waals surface area contributed by atoms with Crippen LogP contribution in [0.2, 0.25) is 0 Å². The maximum Gasteiger partial charge on any atom is 0.229 e. The predicted molar refractivity (Wildman–Crippen MR) is 104 cm³/mol. The fourth-order valence-electron chi connectivity index (χ4n) is 2.85. The van der Waals surface area contributed by atoms with E-state index >= 15 is 0 Å². The van der Waals surface area contributed by atoms with Gasteiger partial charge in [0, 0.05) is 4.47 Å². The highest BCUT2D eigenvalue weighted by atomic mass is 79.9. The molecule has 1 aliphatic rings. The van der Waals surface area contributed by atoms with E-state index in [1.54, 1.807) is 4.68 Å². The van der Waals surface area contributed by atoms with Crippen molar-refractivity contribution in [2.75, 3.05) is 5.32 Å². The van der Waals surface area contributed by atoms with Gasteiger partial charge in [0.15, 0.2) is 0 Å². The lowest BCUT2D eigenvalue weighted by Crippen LogP contribution is -2.29. The summed E-state index contributed by atoms with van der Waals surface area (Å²) in [6, 6.07) is 13.6. The van der Waals surface area contributed by atoms with Gasteiger partial charge in [0.25, 0.3) is 0 Å². The Kier molecular flexibility index (Phi) is 4.78. The molecule has 3 aromatic rings. The van der Waals surface area contributed by atoms with Crippen molar-refractivity contribution in [1.29, 1.82) is 0 Å². The summed E-state index contributed by atoms with van der Waals surface area (Å²) in [7, 11) is 0. The van der Waals surface area contributed by atoms with Crippen LogP contribution in [0.3, 0.4) is 0 Å². The molecule has 26 heavy (non-hydrogen) atoms. The minimum atomic E-state index is -0.182. The van der Waals surface area contributed by atoms with Crippen molar-refractivity contribution in [1.82, 2.24) is 14.8 Å². The van der Waals surface area contributed by atoms with Crippen LogP contribution in [-0.2, 0) is 11.4 Å². The van der Waals surface area contributed by atoms with E-state index in [1.165, 1.54) is 6.33 Å². The monoisotopic (exact) mass is 476 g/mol. The number of halogens is 2. The Labute approximate surface area is 166 Å². The van der Waals surface area contributed by atoms with Crippen LogP contribution < -0.4 is 10.1 Å². The van der Waals surface area contributed by atoms with E-state index in [-0.39, 0.29) is 11.9 Å². The number of carbonyl (C=O) groups excluding carboxylic acids is 1. The van der Waals surface area contributed by atoms with E-state index in [4.69, 9.17) is 4.74 Å². The summed E-state index contributed by atoms with van der Waals surface area (Å²) in [4.78, 5) is 16.0. The molecule has 1 N–H and O–H groups in total. The van der Waals surface area contributed by atoms with Crippen molar-refractivity contribution < 1.29 is 9.53 Å². The van der Waals surface area contributed by atoms with E-state index in [9.17, 15) is 4.79 Å². The number of anilines is 1. The molecule has 4 rings (SSSR count). The predicted octanol–water partition coefficient (Wildman–Crippen LogP) is 4.31. The van der Waals surface area contributed by atoms with Gasteiger partial charge in [0.2, 0.25) is 11.9 Å². The summed E-state index contributed by atoms with van der Waals surface area (Å²) in [5.41, 5.74) is 2.05.